The van der Waals surface area contributed by atoms with Crippen LogP contribution in [-0.4, -0.2) is 23.1 Å². The Bertz CT molecular complexity index is 596. The zero-order chi connectivity index (χ0) is 14.5. The van der Waals surface area contributed by atoms with Crippen molar-refractivity contribution in [3.8, 4) is 5.75 Å². The van der Waals surface area contributed by atoms with Crippen LogP contribution in [0.3, 0.4) is 0 Å². The molecule has 20 heavy (non-hydrogen) atoms. The van der Waals surface area contributed by atoms with E-state index >= 15 is 0 Å². The Morgan fingerprint density at radius 3 is 2.75 bits per heavy atom. The van der Waals surface area contributed by atoms with Gasteiger partial charge < -0.3 is 14.9 Å². The van der Waals surface area contributed by atoms with Gasteiger partial charge in [0.2, 0.25) is 0 Å². The van der Waals surface area contributed by atoms with E-state index in [1.54, 1.807) is 30.4 Å². The predicted octanol–water partition coefficient (Wildman–Crippen LogP) is 3.12. The highest BCUT2D eigenvalue weighted by molar-refractivity contribution is 6.06. The lowest BCUT2D eigenvalue weighted by Crippen LogP contribution is -2.05. The average molecular weight is 272 g/mol. The van der Waals surface area contributed by atoms with Crippen molar-refractivity contribution in [2.75, 3.05) is 7.11 Å². The van der Waals surface area contributed by atoms with Gasteiger partial charge in [-0.15, -0.1) is 0 Å². The number of allylic oxidation sites excluding steroid dienone is 5. The molecule has 2 N–H and O–H groups in total. The normalized spacial score (nSPS) is 18.6. The first-order valence-corrected chi connectivity index (χ1v) is 6.26. The average Bonchev–Trinajstić information content (AvgIpc) is 2.45. The molecule has 0 saturated heterocycles. The van der Waals surface area contributed by atoms with Gasteiger partial charge in [0.15, 0.2) is 11.5 Å². The van der Waals surface area contributed by atoms with Gasteiger partial charge in [0, 0.05) is 12.3 Å². The molecule has 0 spiro atoms. The predicted molar refractivity (Wildman–Crippen MR) is 75.5 cm³/mol. The fourth-order valence-electron chi connectivity index (χ4n) is 2.00. The van der Waals surface area contributed by atoms with Crippen molar-refractivity contribution in [2.24, 2.45) is 5.92 Å². The summed E-state index contributed by atoms with van der Waals surface area (Å²) in [6.45, 7) is 0. The van der Waals surface area contributed by atoms with Gasteiger partial charge in [-0.2, -0.15) is 0 Å². The lowest BCUT2D eigenvalue weighted by Gasteiger charge is -2.15. The summed E-state index contributed by atoms with van der Waals surface area (Å²) < 4.78 is 4.98. The number of phenols is 1. The third kappa shape index (κ3) is 3.09. The van der Waals surface area contributed by atoms with Crippen LogP contribution in [0.2, 0.25) is 0 Å². The molecule has 1 aliphatic carbocycles. The fourth-order valence-corrected chi connectivity index (χ4v) is 2.00. The number of hydrogen-bond acceptors (Lipinski definition) is 4. The number of carbonyl (C=O) groups is 1. The smallest absolute Gasteiger partial charge is 0.189 e. The zero-order valence-corrected chi connectivity index (χ0v) is 11.1. The van der Waals surface area contributed by atoms with E-state index < -0.39 is 0 Å². The molecule has 4 heteroatoms. The topological polar surface area (TPSA) is 66.8 Å². The second kappa shape index (κ2) is 6.10. The van der Waals surface area contributed by atoms with E-state index in [2.05, 4.69) is 0 Å². The van der Waals surface area contributed by atoms with Crippen molar-refractivity contribution in [3.05, 3.63) is 65.7 Å². The first-order valence-electron chi connectivity index (χ1n) is 6.26. The van der Waals surface area contributed by atoms with Crippen LogP contribution in [0.5, 0.6) is 5.75 Å². The van der Waals surface area contributed by atoms with Crippen LogP contribution in [0.4, 0.5) is 0 Å². The molecule has 1 aromatic rings. The second-order valence-electron chi connectivity index (χ2n) is 4.48. The van der Waals surface area contributed by atoms with E-state index in [0.29, 0.717) is 12.2 Å². The van der Waals surface area contributed by atoms with Gasteiger partial charge in [0.1, 0.15) is 11.5 Å². The Balaban J connectivity index is 2.05. The fraction of sp³-hybridized carbons (Fsp3) is 0.188. The molecule has 2 rings (SSSR count). The number of benzene rings is 1. The van der Waals surface area contributed by atoms with Gasteiger partial charge in [0.25, 0.3) is 0 Å². The molecule has 0 heterocycles. The summed E-state index contributed by atoms with van der Waals surface area (Å²) >= 11 is 0. The monoisotopic (exact) mass is 272 g/mol. The van der Waals surface area contributed by atoms with Gasteiger partial charge in [0.05, 0.1) is 12.7 Å². The van der Waals surface area contributed by atoms with Crippen molar-refractivity contribution in [1.29, 1.82) is 0 Å². The number of rotatable bonds is 4. The van der Waals surface area contributed by atoms with Crippen molar-refractivity contribution in [3.63, 3.8) is 0 Å². The van der Waals surface area contributed by atoms with Crippen LogP contribution in [0.1, 0.15) is 16.8 Å². The van der Waals surface area contributed by atoms with Crippen LogP contribution in [0.25, 0.3) is 0 Å². The van der Waals surface area contributed by atoms with E-state index in [4.69, 9.17) is 4.74 Å². The van der Waals surface area contributed by atoms with Crippen molar-refractivity contribution in [2.45, 2.75) is 6.42 Å². The highest BCUT2D eigenvalue weighted by atomic mass is 16.5. The number of para-hydroxylation sites is 1. The molecule has 0 amide bonds. The van der Waals surface area contributed by atoms with Crippen LogP contribution < -0.4 is 0 Å². The standard InChI is InChI=1S/C16H16O4/c1-20-16-9-7-11(10-15(16)19)6-8-14(18)12-4-2-3-5-13(12)17/h2-9,11,17,19H,10H2,1H3/b8-6+. The maximum absolute atomic E-state index is 11.9. The molecule has 1 aliphatic rings. The maximum atomic E-state index is 11.9. The number of phenolic OH excluding ortho intramolecular Hbond substituents is 1. The summed E-state index contributed by atoms with van der Waals surface area (Å²) in [4.78, 5) is 11.9. The first kappa shape index (κ1) is 13.9. The lowest BCUT2D eigenvalue weighted by atomic mass is 9.97. The maximum Gasteiger partial charge on any atom is 0.189 e. The Hall–Kier alpha value is -2.49. The summed E-state index contributed by atoms with van der Waals surface area (Å²) in [6, 6.07) is 6.40. The van der Waals surface area contributed by atoms with E-state index in [1.165, 1.54) is 19.3 Å². The third-order valence-electron chi connectivity index (χ3n) is 3.09. The summed E-state index contributed by atoms with van der Waals surface area (Å²) in [5.74, 6) is 0.244. The summed E-state index contributed by atoms with van der Waals surface area (Å²) in [6.07, 6.45) is 7.04. The van der Waals surface area contributed by atoms with Gasteiger partial charge >= 0.3 is 0 Å². The number of carbonyl (C=O) groups excluding carboxylic acids is 1. The van der Waals surface area contributed by atoms with Crippen LogP contribution in [-0.2, 0) is 4.74 Å². The quantitative estimate of drug-likeness (QED) is 0.652. The molecule has 0 saturated carbocycles. The highest BCUT2D eigenvalue weighted by Crippen LogP contribution is 2.24. The molecule has 1 unspecified atom stereocenters. The van der Waals surface area contributed by atoms with E-state index in [-0.39, 0.29) is 28.8 Å². The van der Waals surface area contributed by atoms with Gasteiger partial charge in [-0.1, -0.05) is 24.3 Å². The number of ketones is 1. The molecule has 0 aromatic heterocycles. The molecule has 0 bridgehead atoms. The van der Waals surface area contributed by atoms with Crippen LogP contribution in [0, 0.1) is 5.92 Å². The Labute approximate surface area is 117 Å². The SMILES string of the molecule is COC1=C(O)CC(/C=C/C(=O)c2ccccc2O)C=C1. The molecular weight excluding hydrogens is 256 g/mol. The minimum absolute atomic E-state index is 0.0363. The van der Waals surface area contributed by atoms with Gasteiger partial charge in [-0.3, -0.25) is 4.79 Å². The molecule has 1 aromatic carbocycles. The molecule has 4 nitrogen and oxygen atoms in total. The van der Waals surface area contributed by atoms with E-state index in [1.807, 2.05) is 6.08 Å². The Kier molecular flexibility index (Phi) is 4.25. The van der Waals surface area contributed by atoms with Crippen molar-refractivity contribution < 1.29 is 19.7 Å². The highest BCUT2D eigenvalue weighted by Gasteiger charge is 2.15. The largest absolute Gasteiger partial charge is 0.508 e. The summed E-state index contributed by atoms with van der Waals surface area (Å²) in [5.41, 5.74) is 0.265. The zero-order valence-electron chi connectivity index (χ0n) is 11.1. The van der Waals surface area contributed by atoms with Crippen LogP contribution >= 0.6 is 0 Å². The summed E-state index contributed by atoms with van der Waals surface area (Å²) in [5, 5.41) is 19.3. The number of methoxy groups -OCH3 is 1. The molecule has 0 aliphatic heterocycles. The molecule has 0 radical (unpaired) electrons. The molecule has 0 fully saturated rings. The van der Waals surface area contributed by atoms with Gasteiger partial charge in [-0.25, -0.2) is 0 Å². The number of hydrogen-bond donors (Lipinski definition) is 2. The lowest BCUT2D eigenvalue weighted by molar-refractivity contribution is 0.104. The first-order chi connectivity index (χ1) is 9.61. The number of aliphatic hydroxyl groups is 1. The van der Waals surface area contributed by atoms with Crippen molar-refractivity contribution >= 4 is 5.78 Å². The minimum atomic E-state index is -0.266. The van der Waals surface area contributed by atoms with Gasteiger partial charge in [-0.05, 0) is 24.3 Å². The number of aromatic hydroxyl groups is 1. The Morgan fingerprint density at radius 2 is 2.10 bits per heavy atom. The summed E-state index contributed by atoms with van der Waals surface area (Å²) in [7, 11) is 1.49. The molecule has 104 valence electrons. The number of ether oxygens (including phenoxy) is 1. The van der Waals surface area contributed by atoms with E-state index in [0.717, 1.165) is 0 Å². The molecule has 1 atom stereocenters. The number of aliphatic hydroxyl groups excluding tert-OH is 1. The third-order valence-corrected chi connectivity index (χ3v) is 3.09. The minimum Gasteiger partial charge on any atom is -0.508 e. The van der Waals surface area contributed by atoms with Crippen molar-refractivity contribution in [1.82, 2.24) is 0 Å². The van der Waals surface area contributed by atoms with Crippen LogP contribution in [0.15, 0.2) is 60.1 Å². The second-order valence-corrected chi connectivity index (χ2v) is 4.48. The Morgan fingerprint density at radius 1 is 1.35 bits per heavy atom. The molecular formula is C16H16O4. The van der Waals surface area contributed by atoms with E-state index in [9.17, 15) is 15.0 Å².